The minimum absolute atomic E-state index is 0.0143. The number of rotatable bonds is 20. The highest BCUT2D eigenvalue weighted by Crippen LogP contribution is 2.72. The molecule has 0 aromatic carbocycles. The fourth-order valence-electron chi connectivity index (χ4n) is 16.0. The monoisotopic (exact) mass is 1350 g/mol. The molecule has 12 N–H and O–H groups in total. The van der Waals surface area contributed by atoms with Crippen molar-refractivity contribution in [3.05, 3.63) is 11.6 Å². The quantitative estimate of drug-likeness (QED) is 0.0331. The van der Waals surface area contributed by atoms with E-state index in [-0.39, 0.29) is 39.8 Å². The van der Waals surface area contributed by atoms with Gasteiger partial charge >= 0.3 is 31.2 Å². The molecule has 0 aromatic heterocycles. The molecule has 4 aliphatic carbocycles. The van der Waals surface area contributed by atoms with Gasteiger partial charge in [0.15, 0.2) is 31.5 Å². The number of ketones is 1. The molecule has 5 aliphatic heterocycles. The van der Waals surface area contributed by atoms with E-state index in [4.69, 9.17) is 56.3 Å². The maximum atomic E-state index is 13.0. The molecule has 33 nitrogen and oxygen atoms in total. The van der Waals surface area contributed by atoms with Gasteiger partial charge in [-0.1, -0.05) is 46.3 Å². The van der Waals surface area contributed by atoms with Crippen LogP contribution in [0.5, 0.6) is 0 Å². The minimum Gasteiger partial charge on any atom is -0.388 e. The van der Waals surface area contributed by atoms with E-state index >= 15 is 0 Å². The van der Waals surface area contributed by atoms with E-state index in [1.165, 1.54) is 12.5 Å². The maximum absolute atomic E-state index is 13.0. The Bertz CT molecular complexity index is 2870. The van der Waals surface area contributed by atoms with Crippen LogP contribution in [0.3, 0.4) is 0 Å². The Morgan fingerprint density at radius 2 is 1.11 bits per heavy atom. The fourth-order valence-corrected chi connectivity index (χ4v) is 17.1. The van der Waals surface area contributed by atoms with Gasteiger partial charge in [0.25, 0.3) is 0 Å². The summed E-state index contributed by atoms with van der Waals surface area (Å²) in [6, 6.07) is 0. The first-order chi connectivity index (χ1) is 41.2. The van der Waals surface area contributed by atoms with Crippen LogP contribution in [0.2, 0.25) is 0 Å². The van der Waals surface area contributed by atoms with E-state index in [2.05, 4.69) is 49.1 Å². The van der Waals surface area contributed by atoms with Crippen molar-refractivity contribution < 1.29 is 154 Å². The van der Waals surface area contributed by atoms with Gasteiger partial charge in [-0.05, 0) is 92.3 Å². The van der Waals surface area contributed by atoms with Gasteiger partial charge in [0.05, 0.1) is 38.6 Å². The van der Waals surface area contributed by atoms with Crippen LogP contribution in [0.15, 0.2) is 11.6 Å². The lowest BCUT2D eigenvalue weighted by atomic mass is 9.41. The molecular formula is C53H86O33S3. The normalized spacial score (nSPS) is 48.8. The third kappa shape index (κ3) is 14.2. The first kappa shape index (κ1) is 71.5. The zero-order valence-corrected chi connectivity index (χ0v) is 52.6. The molecule has 5 heterocycles. The number of hydrogen-bond acceptors (Lipinski definition) is 30. The molecule has 0 spiro atoms. The second-order valence-corrected chi connectivity index (χ2v) is 29.5. The molecule has 36 heteroatoms. The topological polar surface area (TPSA) is 491 Å². The summed E-state index contributed by atoms with van der Waals surface area (Å²) in [6.45, 7) is 10.2. The number of fused-ring (bicyclic) bond motifs is 5. The van der Waals surface area contributed by atoms with E-state index in [1.807, 2.05) is 0 Å². The summed E-state index contributed by atoms with van der Waals surface area (Å²) in [6.07, 6.45) is -38.3. The molecule has 0 amide bonds. The highest BCUT2D eigenvalue weighted by molar-refractivity contribution is 7.81. The molecule has 514 valence electrons. The molecule has 0 bridgehead atoms. The van der Waals surface area contributed by atoms with Crippen LogP contribution >= 0.6 is 0 Å². The van der Waals surface area contributed by atoms with Crippen LogP contribution in [0.4, 0.5) is 0 Å². The van der Waals surface area contributed by atoms with Gasteiger partial charge in [-0.3, -0.25) is 18.5 Å². The van der Waals surface area contributed by atoms with Crippen molar-refractivity contribution in [2.45, 2.75) is 241 Å². The van der Waals surface area contributed by atoms with E-state index in [9.17, 15) is 89.7 Å². The molecule has 5 saturated heterocycles. The Balaban J connectivity index is 0.994. The van der Waals surface area contributed by atoms with Gasteiger partial charge in [-0.25, -0.2) is 12.5 Å². The van der Waals surface area contributed by atoms with E-state index < -0.39 is 210 Å². The number of hydrogen-bond donors (Lipinski definition) is 12. The molecule has 89 heavy (non-hydrogen) atoms. The van der Waals surface area contributed by atoms with Gasteiger partial charge in [-0.15, -0.1) is 0 Å². The smallest absolute Gasteiger partial charge is 0.388 e. The molecule has 0 radical (unpaired) electrons. The van der Waals surface area contributed by atoms with Crippen molar-refractivity contribution >= 4 is 37.0 Å². The summed E-state index contributed by atoms with van der Waals surface area (Å²) in [4.78, 5) is 13.0. The van der Waals surface area contributed by atoms with Gasteiger partial charge in [0, 0.05) is 13.0 Å². The maximum Gasteiger partial charge on any atom is 0.397 e. The van der Waals surface area contributed by atoms with Crippen molar-refractivity contribution in [1.82, 2.24) is 0 Å². The number of methoxy groups -OCH3 is 1. The zero-order chi connectivity index (χ0) is 65.6. The number of carbonyl (C=O) groups excluding carboxylic acids is 1. The molecule has 8 fully saturated rings. The van der Waals surface area contributed by atoms with E-state index in [1.54, 1.807) is 6.92 Å². The molecule has 0 aromatic rings. The summed E-state index contributed by atoms with van der Waals surface area (Å²) in [7, 11) is -14.8. The number of aliphatic hydroxyl groups excluding tert-OH is 9. The second-order valence-electron chi connectivity index (χ2n) is 26.3. The third-order valence-electron chi connectivity index (χ3n) is 20.9. The summed E-state index contributed by atoms with van der Waals surface area (Å²) in [5.74, 6) is 0.409. The summed E-state index contributed by atoms with van der Waals surface area (Å²) < 4.78 is 179. The van der Waals surface area contributed by atoms with Gasteiger partial charge in [0.2, 0.25) is 0 Å². The molecule has 30 atom stereocenters. The van der Waals surface area contributed by atoms with E-state index in [0.717, 1.165) is 39.2 Å². The molecule has 30 unspecified atom stereocenters. The standard InChI is InChI=1S/C53H86O33S3/c1-21(54)23-11-15-53(7)25-9-10-30-50(3,4)31(13-14-51(30,5)24(25)12-16-52(23,53)6)81-48-43(35(59)29(18-75-48)86-89(70,71)72)85-49-44(84-45-36(60)32(56)26(55)17-74-45)37(61)40(22(2)78-49)82-47-39(63)42(34(58)28(80-47)20-77-88(67,68)69)83-46-38(62)41(73-8)33(57)27(79-46)19-76-87(64,65)66/h12,22-23,25-49,55-63H,9-11,13-20H2,1-8H3,(H,64,65,66)(H,67,68,69)(H,70,71,72). The number of ether oxygens (including phenoxy) is 11. The number of allylic oxidation sites excluding steroid dienone is 2. The van der Waals surface area contributed by atoms with Crippen LogP contribution < -0.4 is 0 Å². The van der Waals surface area contributed by atoms with E-state index in [0.29, 0.717) is 12.8 Å². The highest BCUT2D eigenvalue weighted by Gasteiger charge is 2.67. The van der Waals surface area contributed by atoms with Crippen LogP contribution in [0.25, 0.3) is 0 Å². The molecule has 9 rings (SSSR count). The summed E-state index contributed by atoms with van der Waals surface area (Å²) >= 11 is 0. The van der Waals surface area contributed by atoms with Crippen molar-refractivity contribution in [1.29, 1.82) is 0 Å². The first-order valence-electron chi connectivity index (χ1n) is 29.5. The Morgan fingerprint density at radius 3 is 1.70 bits per heavy atom. The predicted octanol–water partition coefficient (Wildman–Crippen LogP) is -2.90. The van der Waals surface area contributed by atoms with Crippen molar-refractivity contribution in [3.8, 4) is 0 Å². The summed E-state index contributed by atoms with van der Waals surface area (Å²) in [5, 5.41) is 102. The zero-order valence-electron chi connectivity index (χ0n) is 50.1. The number of aliphatic hydroxyl groups is 9. The number of carbonyl (C=O) groups is 1. The second kappa shape index (κ2) is 26.7. The predicted molar refractivity (Wildman–Crippen MR) is 291 cm³/mol. The average Bonchev–Trinajstić information content (AvgIpc) is 1.68. The lowest BCUT2D eigenvalue weighted by molar-refractivity contribution is -0.403. The Hall–Kier alpha value is -1.78. The Kier molecular flexibility index (Phi) is 21.4. The van der Waals surface area contributed by atoms with Crippen LogP contribution in [0, 0.1) is 39.4 Å². The largest absolute Gasteiger partial charge is 0.397 e. The fraction of sp³-hybridized carbons (Fsp3) is 0.943. The van der Waals surface area contributed by atoms with Gasteiger partial charge in [0.1, 0.15) is 110 Å². The SMILES string of the molecule is COC1C(O)C(COS(=O)(=O)O)OC(OC2C(O)C(COS(=O)(=O)O)OC(OC3C(C)OC(OC4C(OC5CCC6(C)C7=CCC8(C)C(C(C)=O)CCC8(C)C7CCC6C5(C)C)OCC(OS(=O)(=O)O)C4O)C(OC4OCC(O)C(O)C4O)C3O)C2O)C1O. The Morgan fingerprint density at radius 1 is 0.562 bits per heavy atom. The van der Waals surface area contributed by atoms with Crippen molar-refractivity contribution in [3.63, 3.8) is 0 Å². The van der Waals surface area contributed by atoms with Crippen LogP contribution in [0.1, 0.15) is 93.4 Å². The summed E-state index contributed by atoms with van der Waals surface area (Å²) in [5.41, 5.74) is 0.0995. The van der Waals surface area contributed by atoms with Crippen LogP contribution in [-0.4, -0.2) is 272 Å². The first-order valence-corrected chi connectivity index (χ1v) is 33.6. The Labute approximate surface area is 514 Å². The van der Waals surface area contributed by atoms with Crippen molar-refractivity contribution in [2.24, 2.45) is 39.4 Å². The molecule has 3 saturated carbocycles. The van der Waals surface area contributed by atoms with Crippen LogP contribution in [-0.2, 0) is 101 Å². The molecule has 9 aliphatic rings. The lowest BCUT2D eigenvalue weighted by Gasteiger charge is -2.64. The van der Waals surface area contributed by atoms with Crippen molar-refractivity contribution in [2.75, 3.05) is 33.5 Å². The average molecular weight is 1350 g/mol. The number of Topliss-reactive ketones (excluding diaryl/α,β-unsaturated/α-hetero) is 1. The van der Waals surface area contributed by atoms with Gasteiger partial charge in [-0.2, -0.15) is 25.3 Å². The minimum atomic E-state index is -5.31. The lowest BCUT2D eigenvalue weighted by Crippen LogP contribution is -2.68. The highest BCUT2D eigenvalue weighted by atomic mass is 32.3. The molecular weight excluding hydrogens is 1260 g/mol. The van der Waals surface area contributed by atoms with Gasteiger partial charge < -0.3 is 98.1 Å². The third-order valence-corrected chi connectivity index (χ3v) is 22.2.